The Bertz CT molecular complexity index is 918. The summed E-state index contributed by atoms with van der Waals surface area (Å²) in [6.45, 7) is 2.02. The predicted octanol–water partition coefficient (Wildman–Crippen LogP) is 5.16. The van der Waals surface area contributed by atoms with E-state index in [0.29, 0.717) is 5.56 Å². The summed E-state index contributed by atoms with van der Waals surface area (Å²) in [4.78, 5) is 18.2. The maximum atomic E-state index is 12.6. The molecule has 0 fully saturated rings. The Balaban J connectivity index is 1.37. The van der Waals surface area contributed by atoms with Crippen molar-refractivity contribution in [3.63, 3.8) is 0 Å². The molecule has 0 radical (unpaired) electrons. The van der Waals surface area contributed by atoms with Crippen LogP contribution < -0.4 is 5.32 Å². The summed E-state index contributed by atoms with van der Waals surface area (Å²) < 4.78 is 0. The molecule has 0 aliphatic heterocycles. The van der Waals surface area contributed by atoms with Gasteiger partial charge in [0, 0.05) is 21.6 Å². The molecule has 3 aromatic rings. The van der Waals surface area contributed by atoms with Gasteiger partial charge in [-0.2, -0.15) is 0 Å². The van der Waals surface area contributed by atoms with E-state index in [1.807, 2.05) is 37.3 Å². The molecular weight excluding hydrogens is 360 g/mol. The molecule has 1 heterocycles. The molecule has 132 valence electrons. The standard InChI is InChI=1S/C21H20N2OS2/c1-14-22-17(12-25-14)13-26-18-9-6-16(7-10-18)21(24)23-20-11-8-15-4-2-3-5-19(15)20/h2-7,9-10,12,20H,8,11,13H2,1H3,(H,23,24)/t20-/m1/s1. The SMILES string of the molecule is Cc1nc(CSc2ccc(C(=O)N[C@@H]3CCc4ccccc43)cc2)cs1. The second-order valence-corrected chi connectivity index (χ2v) is 8.55. The van der Waals surface area contributed by atoms with Crippen LogP contribution >= 0.6 is 23.1 Å². The van der Waals surface area contributed by atoms with Gasteiger partial charge < -0.3 is 5.32 Å². The fraction of sp³-hybridized carbons (Fsp3) is 0.238. The first-order chi connectivity index (χ1) is 12.7. The van der Waals surface area contributed by atoms with Crippen molar-refractivity contribution in [2.45, 2.75) is 36.5 Å². The Morgan fingerprint density at radius 1 is 1.23 bits per heavy atom. The third-order valence-electron chi connectivity index (χ3n) is 4.61. The van der Waals surface area contributed by atoms with Crippen molar-refractivity contribution >= 4 is 29.0 Å². The molecule has 2 aromatic carbocycles. The molecular formula is C21H20N2OS2. The molecule has 1 aliphatic carbocycles. The van der Waals surface area contributed by atoms with Crippen LogP contribution in [0.4, 0.5) is 0 Å². The van der Waals surface area contributed by atoms with Gasteiger partial charge in [-0.1, -0.05) is 24.3 Å². The van der Waals surface area contributed by atoms with Gasteiger partial charge in [0.1, 0.15) is 0 Å². The Morgan fingerprint density at radius 3 is 2.81 bits per heavy atom. The molecule has 5 heteroatoms. The van der Waals surface area contributed by atoms with Gasteiger partial charge in [-0.15, -0.1) is 23.1 Å². The van der Waals surface area contributed by atoms with E-state index >= 15 is 0 Å². The summed E-state index contributed by atoms with van der Waals surface area (Å²) in [5, 5.41) is 6.38. The van der Waals surface area contributed by atoms with Crippen LogP contribution in [-0.2, 0) is 12.2 Å². The van der Waals surface area contributed by atoms with E-state index in [4.69, 9.17) is 0 Å². The third-order valence-corrected chi connectivity index (χ3v) is 6.48. The normalized spacial score (nSPS) is 15.7. The predicted molar refractivity (Wildman–Crippen MR) is 108 cm³/mol. The number of thiazole rings is 1. The van der Waals surface area contributed by atoms with Crippen LogP contribution in [0.1, 0.15) is 44.6 Å². The number of nitrogens with one attached hydrogen (secondary N) is 1. The molecule has 3 nitrogen and oxygen atoms in total. The smallest absolute Gasteiger partial charge is 0.251 e. The minimum atomic E-state index is -0.00150. The summed E-state index contributed by atoms with van der Waals surface area (Å²) in [6.07, 6.45) is 2.01. The van der Waals surface area contributed by atoms with Crippen LogP contribution in [0, 0.1) is 6.92 Å². The number of hydrogen-bond donors (Lipinski definition) is 1. The first-order valence-corrected chi connectivity index (χ1v) is 10.6. The quantitative estimate of drug-likeness (QED) is 0.622. The van der Waals surface area contributed by atoms with Crippen LogP contribution in [0.5, 0.6) is 0 Å². The zero-order valence-electron chi connectivity index (χ0n) is 14.6. The van der Waals surface area contributed by atoms with Crippen molar-refractivity contribution in [1.29, 1.82) is 0 Å². The van der Waals surface area contributed by atoms with Gasteiger partial charge in [0.05, 0.1) is 16.7 Å². The van der Waals surface area contributed by atoms with E-state index in [1.54, 1.807) is 23.1 Å². The van der Waals surface area contributed by atoms with E-state index in [0.717, 1.165) is 34.2 Å². The Hall–Kier alpha value is -2.11. The van der Waals surface area contributed by atoms with Gasteiger partial charge in [-0.05, 0) is 55.2 Å². The molecule has 1 atom stereocenters. The van der Waals surface area contributed by atoms with E-state index in [-0.39, 0.29) is 11.9 Å². The fourth-order valence-corrected chi connectivity index (χ4v) is 4.79. The highest BCUT2D eigenvalue weighted by Crippen LogP contribution is 2.31. The van der Waals surface area contributed by atoms with Crippen LogP contribution in [-0.4, -0.2) is 10.9 Å². The summed E-state index contributed by atoms with van der Waals surface area (Å²) in [6, 6.07) is 16.3. The zero-order chi connectivity index (χ0) is 17.9. The lowest BCUT2D eigenvalue weighted by molar-refractivity contribution is 0.0936. The van der Waals surface area contributed by atoms with Crippen molar-refractivity contribution in [2.75, 3.05) is 0 Å². The Labute approximate surface area is 161 Å². The summed E-state index contributed by atoms with van der Waals surface area (Å²) in [5.74, 6) is 0.854. The maximum absolute atomic E-state index is 12.6. The van der Waals surface area contributed by atoms with Gasteiger partial charge in [-0.25, -0.2) is 4.98 Å². The first-order valence-electron chi connectivity index (χ1n) is 8.71. The van der Waals surface area contributed by atoms with Crippen LogP contribution in [0.15, 0.2) is 58.8 Å². The highest BCUT2D eigenvalue weighted by molar-refractivity contribution is 7.98. The number of amides is 1. The molecule has 0 saturated heterocycles. The minimum absolute atomic E-state index is 0.00150. The molecule has 26 heavy (non-hydrogen) atoms. The topological polar surface area (TPSA) is 42.0 Å². The number of hydrogen-bond acceptors (Lipinski definition) is 4. The highest BCUT2D eigenvalue weighted by Gasteiger charge is 2.23. The van der Waals surface area contributed by atoms with Gasteiger partial charge in [0.25, 0.3) is 5.91 Å². The molecule has 1 aliphatic rings. The number of aromatic nitrogens is 1. The van der Waals surface area contributed by atoms with Crippen LogP contribution in [0.3, 0.4) is 0 Å². The van der Waals surface area contributed by atoms with Crippen molar-refractivity contribution in [3.8, 4) is 0 Å². The number of aryl methyl sites for hydroxylation is 2. The molecule has 0 bridgehead atoms. The second kappa shape index (κ2) is 7.64. The van der Waals surface area contributed by atoms with Crippen molar-refractivity contribution in [1.82, 2.24) is 10.3 Å². The molecule has 0 unspecified atom stereocenters. The summed E-state index contributed by atoms with van der Waals surface area (Å²) >= 11 is 3.42. The lowest BCUT2D eigenvalue weighted by atomic mass is 10.1. The number of benzene rings is 2. The van der Waals surface area contributed by atoms with Crippen molar-refractivity contribution in [3.05, 3.63) is 81.3 Å². The second-order valence-electron chi connectivity index (χ2n) is 6.43. The van der Waals surface area contributed by atoms with Gasteiger partial charge in [-0.3, -0.25) is 4.79 Å². The van der Waals surface area contributed by atoms with Gasteiger partial charge in [0.2, 0.25) is 0 Å². The Morgan fingerprint density at radius 2 is 2.04 bits per heavy atom. The molecule has 1 aromatic heterocycles. The minimum Gasteiger partial charge on any atom is -0.345 e. The fourth-order valence-electron chi connectivity index (χ4n) is 3.28. The first kappa shape index (κ1) is 17.3. The number of fused-ring (bicyclic) bond motifs is 1. The van der Waals surface area contributed by atoms with Crippen molar-refractivity contribution in [2.24, 2.45) is 0 Å². The zero-order valence-corrected chi connectivity index (χ0v) is 16.2. The summed E-state index contributed by atoms with van der Waals surface area (Å²) in [7, 11) is 0. The van der Waals surface area contributed by atoms with E-state index in [9.17, 15) is 4.79 Å². The van der Waals surface area contributed by atoms with Gasteiger partial charge >= 0.3 is 0 Å². The Kier molecular flexibility index (Phi) is 5.09. The van der Waals surface area contributed by atoms with Crippen LogP contribution in [0.25, 0.3) is 0 Å². The monoisotopic (exact) mass is 380 g/mol. The van der Waals surface area contributed by atoms with Crippen LogP contribution in [0.2, 0.25) is 0 Å². The third kappa shape index (κ3) is 3.84. The average molecular weight is 381 g/mol. The molecule has 0 saturated carbocycles. The largest absolute Gasteiger partial charge is 0.345 e. The lowest BCUT2D eigenvalue weighted by Gasteiger charge is -2.14. The lowest BCUT2D eigenvalue weighted by Crippen LogP contribution is -2.27. The number of carbonyl (C=O) groups excluding carboxylic acids is 1. The van der Waals surface area contributed by atoms with Gasteiger partial charge in [0.15, 0.2) is 0 Å². The highest BCUT2D eigenvalue weighted by atomic mass is 32.2. The number of rotatable bonds is 5. The number of nitrogens with zero attached hydrogens (tertiary/aromatic N) is 1. The molecule has 4 rings (SSSR count). The number of thioether (sulfide) groups is 1. The average Bonchev–Trinajstić information content (AvgIpc) is 3.27. The molecule has 1 amide bonds. The molecule has 1 N–H and O–H groups in total. The maximum Gasteiger partial charge on any atom is 0.251 e. The van der Waals surface area contributed by atoms with E-state index in [1.165, 1.54) is 11.1 Å². The van der Waals surface area contributed by atoms with E-state index in [2.05, 4.69) is 33.9 Å². The molecule has 0 spiro atoms. The van der Waals surface area contributed by atoms with E-state index < -0.39 is 0 Å². The van der Waals surface area contributed by atoms with Crippen molar-refractivity contribution < 1.29 is 4.79 Å². The summed E-state index contributed by atoms with van der Waals surface area (Å²) in [5.41, 5.74) is 4.43. The number of carbonyl (C=O) groups is 1.